The molecule has 1 aromatic carbocycles. The van der Waals surface area contributed by atoms with Crippen LogP contribution in [-0.4, -0.2) is 34.9 Å². The van der Waals surface area contributed by atoms with E-state index in [1.807, 2.05) is 0 Å². The molecule has 0 fully saturated rings. The summed E-state index contributed by atoms with van der Waals surface area (Å²) in [6.45, 7) is -0.721. The van der Waals surface area contributed by atoms with Crippen LogP contribution >= 0.6 is 0 Å². The van der Waals surface area contributed by atoms with Gasteiger partial charge in [0.15, 0.2) is 16.6 Å². The quantitative estimate of drug-likeness (QED) is 0.322. The highest BCUT2D eigenvalue weighted by Crippen LogP contribution is 2.30. The number of ketones is 1. The molecular weight excluding hydrogens is 392 g/mol. The third kappa shape index (κ3) is 2.59. The van der Waals surface area contributed by atoms with E-state index in [1.165, 1.54) is 19.2 Å². The van der Waals surface area contributed by atoms with E-state index in [0.717, 1.165) is 0 Å². The zero-order valence-electron chi connectivity index (χ0n) is 15.9. The first-order valence-electron chi connectivity index (χ1n) is 9.23. The number of nitrogens with one attached hydrogen (secondary N) is 1. The van der Waals surface area contributed by atoms with Gasteiger partial charge in [0, 0.05) is 16.9 Å². The van der Waals surface area contributed by atoms with Crippen LogP contribution in [0.2, 0.25) is 0 Å². The number of aliphatic hydroxyl groups excluding tert-OH is 2. The molecule has 2 atom stereocenters. The fourth-order valence-electron chi connectivity index (χ4n) is 4.42. The van der Waals surface area contributed by atoms with Crippen molar-refractivity contribution in [3.05, 3.63) is 70.9 Å². The molecule has 0 spiro atoms. The average Bonchev–Trinajstić information content (AvgIpc) is 2.75. The fourth-order valence-corrected chi connectivity index (χ4v) is 4.42. The molecule has 3 aliphatic carbocycles. The number of methoxy groups -OCH3 is 1. The fraction of sp³-hybridized carbons (Fsp3) is 0.286. The molecule has 0 heterocycles. The van der Waals surface area contributed by atoms with Crippen LogP contribution in [0.25, 0.3) is 10.8 Å². The number of carbonyl (C=O) groups is 1. The minimum atomic E-state index is -1.30. The molecule has 9 heteroatoms. The summed E-state index contributed by atoms with van der Waals surface area (Å²) in [4.78, 5) is 38.6. The van der Waals surface area contributed by atoms with Crippen LogP contribution in [0.15, 0.2) is 32.9 Å². The molecule has 0 radical (unpaired) electrons. The summed E-state index contributed by atoms with van der Waals surface area (Å²) in [6.07, 6.45) is -1.38. The van der Waals surface area contributed by atoms with Crippen molar-refractivity contribution in [3.63, 3.8) is 0 Å². The second kappa shape index (κ2) is 7.12. The van der Waals surface area contributed by atoms with Crippen LogP contribution in [0.3, 0.4) is 0 Å². The second-order valence-electron chi connectivity index (χ2n) is 7.28. The highest BCUT2D eigenvalue weighted by atomic mass is 16.5. The Kier molecular flexibility index (Phi) is 4.71. The number of hydrogen-bond donors (Lipinski definition) is 4. The first-order valence-corrected chi connectivity index (χ1v) is 9.23. The van der Waals surface area contributed by atoms with Gasteiger partial charge >= 0.3 is 0 Å². The highest BCUT2D eigenvalue weighted by molar-refractivity contribution is 5.88. The predicted molar refractivity (Wildman–Crippen MR) is 103 cm³/mol. The Labute approximate surface area is 168 Å². The van der Waals surface area contributed by atoms with Gasteiger partial charge in [0.1, 0.15) is 17.7 Å². The summed E-state index contributed by atoms with van der Waals surface area (Å²) in [5, 5.41) is 40.3. The molecule has 0 aromatic heterocycles. The number of nitrogens with zero attached hydrogens (tertiary/aromatic N) is 1. The van der Waals surface area contributed by atoms with E-state index in [1.54, 1.807) is 6.07 Å². The molecule has 4 rings (SSSR count). The summed E-state index contributed by atoms with van der Waals surface area (Å²) < 4.78 is 5.21. The number of benzene rings is 1. The van der Waals surface area contributed by atoms with Crippen LogP contribution in [0.5, 0.6) is 5.75 Å². The van der Waals surface area contributed by atoms with Crippen LogP contribution in [0.1, 0.15) is 23.7 Å². The van der Waals surface area contributed by atoms with Gasteiger partial charge in [-0.15, -0.1) is 0 Å². The number of hydrogen-bond acceptors (Lipinski definition) is 9. The number of carbonyl (C=O) groups excluding carboxylic acids is 1. The first-order chi connectivity index (χ1) is 14.3. The van der Waals surface area contributed by atoms with E-state index >= 15 is 0 Å². The summed E-state index contributed by atoms with van der Waals surface area (Å²) >= 11 is 0. The normalized spacial score (nSPS) is 19.2. The lowest BCUT2D eigenvalue weighted by atomic mass is 9.78. The zero-order valence-corrected chi connectivity index (χ0v) is 15.9. The van der Waals surface area contributed by atoms with Gasteiger partial charge in [0.25, 0.3) is 0 Å². The Balaban J connectivity index is 2.29. The second-order valence-corrected chi connectivity index (χ2v) is 7.28. The van der Waals surface area contributed by atoms with Crippen molar-refractivity contribution >= 4 is 16.6 Å². The molecule has 0 saturated carbocycles. The summed E-state index contributed by atoms with van der Waals surface area (Å²) in [7, 11) is 1.36. The molecule has 0 amide bonds. The summed E-state index contributed by atoms with van der Waals surface area (Å²) in [6, 6.07) is 4.51. The van der Waals surface area contributed by atoms with Gasteiger partial charge in [-0.1, -0.05) is 17.3 Å². The number of Topliss-reactive ketones (excluding diaryl/α,β-unsaturated/α-hetero) is 1. The number of rotatable bonds is 3. The maximum absolute atomic E-state index is 13.3. The molecular formula is C21H18N2O7. The van der Waals surface area contributed by atoms with Crippen molar-refractivity contribution in [2.24, 2.45) is 11.1 Å². The maximum Gasteiger partial charge on any atom is 0.200 e. The van der Waals surface area contributed by atoms with Crippen LogP contribution in [-0.2, 0) is 11.2 Å². The van der Waals surface area contributed by atoms with Crippen molar-refractivity contribution in [3.8, 4) is 5.75 Å². The molecule has 1 aromatic rings. The summed E-state index contributed by atoms with van der Waals surface area (Å²) in [5.74, 6) is -1.10. The minimum absolute atomic E-state index is 0.00785. The van der Waals surface area contributed by atoms with Crippen LogP contribution in [0.4, 0.5) is 0 Å². The average molecular weight is 410 g/mol. The summed E-state index contributed by atoms with van der Waals surface area (Å²) in [5.41, 5.74) is -1.06. The van der Waals surface area contributed by atoms with E-state index in [2.05, 4.69) is 5.16 Å². The topological polar surface area (TPSA) is 157 Å². The molecule has 154 valence electrons. The standard InChI is InChI=1S/C21H18N2O7/c1-30-13-4-2-3-9-15(13)21(28)16-17(20(9)27)19(23-29)10-5-8(12(26)7-24)6-11(25)14(10)18(16)22/h2-4,8,11,22,24-25,29H,5-7H2,1H3/t8-,11+/m1/s1. The molecule has 0 aliphatic heterocycles. The van der Waals surface area contributed by atoms with Gasteiger partial charge in [0.05, 0.1) is 34.4 Å². The van der Waals surface area contributed by atoms with Crippen molar-refractivity contribution < 1.29 is 25.0 Å². The number of ether oxygens (including phenoxy) is 1. The minimum Gasteiger partial charge on any atom is -0.496 e. The molecule has 0 unspecified atom stereocenters. The molecule has 3 aliphatic rings. The monoisotopic (exact) mass is 410 g/mol. The number of fused-ring (bicyclic) bond motifs is 2. The zero-order chi connectivity index (χ0) is 21.7. The Morgan fingerprint density at radius 3 is 2.63 bits per heavy atom. The van der Waals surface area contributed by atoms with Gasteiger partial charge < -0.3 is 20.2 Å². The Bertz CT molecular complexity index is 1490. The van der Waals surface area contributed by atoms with Crippen molar-refractivity contribution in [2.75, 3.05) is 13.7 Å². The van der Waals surface area contributed by atoms with Crippen LogP contribution in [0, 0.1) is 21.8 Å². The Morgan fingerprint density at radius 2 is 2.00 bits per heavy atom. The van der Waals surface area contributed by atoms with E-state index in [9.17, 15) is 29.8 Å². The van der Waals surface area contributed by atoms with E-state index in [4.69, 9.17) is 10.1 Å². The molecule has 0 bridgehead atoms. The molecule has 0 saturated heterocycles. The molecule has 9 nitrogen and oxygen atoms in total. The van der Waals surface area contributed by atoms with Crippen molar-refractivity contribution in [1.29, 1.82) is 5.41 Å². The molecule has 4 N–H and O–H groups in total. The van der Waals surface area contributed by atoms with Crippen molar-refractivity contribution in [2.45, 2.75) is 18.9 Å². The number of aliphatic hydroxyl groups is 2. The van der Waals surface area contributed by atoms with E-state index < -0.39 is 35.3 Å². The van der Waals surface area contributed by atoms with Gasteiger partial charge in [-0.25, -0.2) is 0 Å². The smallest absolute Gasteiger partial charge is 0.200 e. The lowest BCUT2D eigenvalue weighted by Crippen LogP contribution is -2.40. The van der Waals surface area contributed by atoms with E-state index in [-0.39, 0.29) is 61.6 Å². The largest absolute Gasteiger partial charge is 0.496 e. The SMILES string of the molecule is COc1cccc2c(=O)c3c(=NO)c4c(c(=N)c=3c(=O)c12)[C@@H](O)C[C@H](C(=O)CO)C4. The first kappa shape index (κ1) is 19.9. The lowest BCUT2D eigenvalue weighted by Gasteiger charge is -2.27. The lowest BCUT2D eigenvalue weighted by molar-refractivity contribution is -0.127. The molecule has 30 heavy (non-hydrogen) atoms. The van der Waals surface area contributed by atoms with Crippen LogP contribution < -0.4 is 26.3 Å². The van der Waals surface area contributed by atoms with Gasteiger partial charge in [-0.2, -0.15) is 0 Å². The van der Waals surface area contributed by atoms with Gasteiger partial charge in [0.2, 0.25) is 0 Å². The Hall–Kier alpha value is -3.43. The third-order valence-corrected chi connectivity index (χ3v) is 5.79. The third-order valence-electron chi connectivity index (χ3n) is 5.79. The Morgan fingerprint density at radius 1 is 1.27 bits per heavy atom. The van der Waals surface area contributed by atoms with Crippen molar-refractivity contribution in [1.82, 2.24) is 0 Å². The highest BCUT2D eigenvalue weighted by Gasteiger charge is 2.33. The van der Waals surface area contributed by atoms with Gasteiger partial charge in [-0.05, 0) is 24.5 Å². The van der Waals surface area contributed by atoms with Gasteiger partial charge in [-0.3, -0.25) is 19.8 Å². The maximum atomic E-state index is 13.3. The predicted octanol–water partition coefficient (Wildman–Crippen LogP) is -0.904. The van der Waals surface area contributed by atoms with E-state index in [0.29, 0.717) is 0 Å².